The fourth-order valence-electron chi connectivity index (χ4n) is 2.99. The second-order valence-electron chi connectivity index (χ2n) is 5.86. The molecule has 0 amide bonds. The molecule has 0 aromatic heterocycles. The van der Waals surface area contributed by atoms with E-state index in [-0.39, 0.29) is 6.10 Å². The van der Waals surface area contributed by atoms with Gasteiger partial charge in [0.1, 0.15) is 0 Å². The highest BCUT2D eigenvalue weighted by Crippen LogP contribution is 2.27. The summed E-state index contributed by atoms with van der Waals surface area (Å²) in [6.45, 7) is 6.45. The molecule has 4 nitrogen and oxygen atoms in total. The van der Waals surface area contributed by atoms with Gasteiger partial charge in [0.2, 0.25) is 0 Å². The Morgan fingerprint density at radius 2 is 2.05 bits per heavy atom. The normalized spacial score (nSPS) is 18.0. The standard InChI is InChI=1S/C17H28N2O2/c1-14(20)15-7-10-19(11-8-15)17-6-4-3-5-16(17)13-18-9-12-21-2/h3-6,14-15,18,20H,7-13H2,1-2H3. The van der Waals surface area contributed by atoms with Gasteiger partial charge in [-0.1, -0.05) is 18.2 Å². The molecule has 1 aromatic rings. The van der Waals surface area contributed by atoms with Gasteiger partial charge in [0.25, 0.3) is 0 Å². The van der Waals surface area contributed by atoms with Gasteiger partial charge in [-0.15, -0.1) is 0 Å². The molecule has 2 rings (SSSR count). The van der Waals surface area contributed by atoms with Gasteiger partial charge in [-0.3, -0.25) is 0 Å². The second kappa shape index (κ2) is 8.37. The van der Waals surface area contributed by atoms with E-state index in [1.54, 1.807) is 7.11 Å². The summed E-state index contributed by atoms with van der Waals surface area (Å²) >= 11 is 0. The summed E-state index contributed by atoms with van der Waals surface area (Å²) in [5.74, 6) is 0.452. The molecule has 1 heterocycles. The summed E-state index contributed by atoms with van der Waals surface area (Å²) in [5, 5.41) is 13.1. The highest BCUT2D eigenvalue weighted by atomic mass is 16.5. The van der Waals surface area contributed by atoms with Crippen LogP contribution in [0.4, 0.5) is 5.69 Å². The van der Waals surface area contributed by atoms with Crippen molar-refractivity contribution >= 4 is 5.69 Å². The second-order valence-corrected chi connectivity index (χ2v) is 5.86. The Hall–Kier alpha value is -1.10. The summed E-state index contributed by atoms with van der Waals surface area (Å²) in [6.07, 6.45) is 1.96. The van der Waals surface area contributed by atoms with Crippen molar-refractivity contribution in [3.63, 3.8) is 0 Å². The lowest BCUT2D eigenvalue weighted by atomic mass is 9.91. The minimum atomic E-state index is -0.182. The van der Waals surface area contributed by atoms with Gasteiger partial charge in [0, 0.05) is 39.0 Å². The van der Waals surface area contributed by atoms with E-state index in [0.717, 1.165) is 45.6 Å². The molecule has 1 aromatic carbocycles. The molecule has 1 aliphatic rings. The zero-order valence-electron chi connectivity index (χ0n) is 13.2. The third-order valence-electron chi connectivity index (χ3n) is 4.35. The fourth-order valence-corrected chi connectivity index (χ4v) is 2.99. The number of para-hydroxylation sites is 1. The number of hydrogen-bond donors (Lipinski definition) is 2. The van der Waals surface area contributed by atoms with Crippen molar-refractivity contribution in [1.82, 2.24) is 5.32 Å². The smallest absolute Gasteiger partial charge is 0.0587 e. The molecule has 0 spiro atoms. The maximum absolute atomic E-state index is 9.71. The maximum atomic E-state index is 9.71. The third kappa shape index (κ3) is 4.70. The summed E-state index contributed by atoms with van der Waals surface area (Å²) in [6, 6.07) is 8.60. The van der Waals surface area contributed by atoms with E-state index in [1.807, 2.05) is 6.92 Å². The maximum Gasteiger partial charge on any atom is 0.0587 e. The molecule has 0 bridgehead atoms. The molecule has 4 heteroatoms. The first kappa shape index (κ1) is 16.3. The molecule has 0 aliphatic carbocycles. The van der Waals surface area contributed by atoms with E-state index in [2.05, 4.69) is 34.5 Å². The number of nitrogens with one attached hydrogen (secondary N) is 1. The lowest BCUT2D eigenvalue weighted by molar-refractivity contribution is 0.110. The van der Waals surface area contributed by atoms with E-state index in [1.165, 1.54) is 11.3 Å². The number of aliphatic hydroxyl groups excluding tert-OH is 1. The number of ether oxygens (including phenoxy) is 1. The molecule has 1 aliphatic heterocycles. The molecular weight excluding hydrogens is 264 g/mol. The Balaban J connectivity index is 1.93. The van der Waals surface area contributed by atoms with Crippen molar-refractivity contribution in [2.24, 2.45) is 5.92 Å². The Bertz CT molecular complexity index is 415. The first-order valence-electron chi connectivity index (χ1n) is 7.93. The van der Waals surface area contributed by atoms with Crippen LogP contribution in [0.25, 0.3) is 0 Å². The molecule has 21 heavy (non-hydrogen) atoms. The van der Waals surface area contributed by atoms with Gasteiger partial charge in [-0.25, -0.2) is 0 Å². The molecule has 1 unspecified atom stereocenters. The minimum Gasteiger partial charge on any atom is -0.393 e. The topological polar surface area (TPSA) is 44.7 Å². The zero-order valence-corrected chi connectivity index (χ0v) is 13.2. The van der Waals surface area contributed by atoms with Gasteiger partial charge in [-0.2, -0.15) is 0 Å². The summed E-state index contributed by atoms with van der Waals surface area (Å²) in [5.41, 5.74) is 2.66. The average molecular weight is 292 g/mol. The Labute approximate surface area is 128 Å². The van der Waals surface area contributed by atoms with Gasteiger partial charge in [0.15, 0.2) is 0 Å². The number of nitrogens with zero attached hydrogens (tertiary/aromatic N) is 1. The lowest BCUT2D eigenvalue weighted by Crippen LogP contribution is -2.37. The first-order chi connectivity index (χ1) is 10.2. The van der Waals surface area contributed by atoms with Crippen LogP contribution in [0.15, 0.2) is 24.3 Å². The monoisotopic (exact) mass is 292 g/mol. The SMILES string of the molecule is COCCNCc1ccccc1N1CCC(C(C)O)CC1. The quantitative estimate of drug-likeness (QED) is 0.755. The fraction of sp³-hybridized carbons (Fsp3) is 0.647. The van der Waals surface area contributed by atoms with Crippen LogP contribution >= 0.6 is 0 Å². The molecule has 1 fully saturated rings. The number of piperidine rings is 1. The largest absolute Gasteiger partial charge is 0.393 e. The summed E-state index contributed by atoms with van der Waals surface area (Å²) in [7, 11) is 1.72. The number of aliphatic hydroxyl groups is 1. The van der Waals surface area contributed by atoms with E-state index in [9.17, 15) is 5.11 Å². The van der Waals surface area contributed by atoms with Crippen molar-refractivity contribution in [1.29, 1.82) is 0 Å². The van der Waals surface area contributed by atoms with Crippen molar-refractivity contribution in [3.05, 3.63) is 29.8 Å². The Kier molecular flexibility index (Phi) is 6.49. The van der Waals surface area contributed by atoms with Gasteiger partial charge in [0.05, 0.1) is 12.7 Å². The zero-order chi connectivity index (χ0) is 15.1. The Morgan fingerprint density at radius 3 is 2.71 bits per heavy atom. The number of benzene rings is 1. The molecular formula is C17H28N2O2. The number of rotatable bonds is 7. The van der Waals surface area contributed by atoms with Crippen molar-refractivity contribution < 1.29 is 9.84 Å². The predicted molar refractivity (Wildman–Crippen MR) is 86.6 cm³/mol. The lowest BCUT2D eigenvalue weighted by Gasteiger charge is -2.35. The minimum absolute atomic E-state index is 0.182. The van der Waals surface area contributed by atoms with E-state index >= 15 is 0 Å². The summed E-state index contributed by atoms with van der Waals surface area (Å²) in [4.78, 5) is 2.45. The van der Waals surface area contributed by atoms with Crippen LogP contribution in [0.1, 0.15) is 25.3 Å². The average Bonchev–Trinajstić information content (AvgIpc) is 2.52. The van der Waals surface area contributed by atoms with E-state index < -0.39 is 0 Å². The Morgan fingerprint density at radius 1 is 1.33 bits per heavy atom. The third-order valence-corrected chi connectivity index (χ3v) is 4.35. The molecule has 1 saturated heterocycles. The first-order valence-corrected chi connectivity index (χ1v) is 7.93. The highest BCUT2D eigenvalue weighted by molar-refractivity contribution is 5.53. The van der Waals surface area contributed by atoms with Crippen LogP contribution in [0.5, 0.6) is 0 Å². The van der Waals surface area contributed by atoms with Crippen molar-refractivity contribution in [2.75, 3.05) is 38.3 Å². The molecule has 2 N–H and O–H groups in total. The van der Waals surface area contributed by atoms with Gasteiger partial charge in [-0.05, 0) is 37.3 Å². The number of anilines is 1. The van der Waals surface area contributed by atoms with E-state index in [0.29, 0.717) is 5.92 Å². The molecule has 0 radical (unpaired) electrons. The van der Waals surface area contributed by atoms with Crippen LogP contribution in [-0.4, -0.2) is 44.6 Å². The van der Waals surface area contributed by atoms with Gasteiger partial charge >= 0.3 is 0 Å². The highest BCUT2D eigenvalue weighted by Gasteiger charge is 2.23. The van der Waals surface area contributed by atoms with Crippen LogP contribution in [0.3, 0.4) is 0 Å². The van der Waals surface area contributed by atoms with Crippen LogP contribution in [0.2, 0.25) is 0 Å². The number of methoxy groups -OCH3 is 1. The predicted octanol–water partition coefficient (Wildman–Crippen LogP) is 2.02. The van der Waals surface area contributed by atoms with E-state index in [4.69, 9.17) is 4.74 Å². The van der Waals surface area contributed by atoms with Crippen LogP contribution < -0.4 is 10.2 Å². The molecule has 118 valence electrons. The molecule has 0 saturated carbocycles. The van der Waals surface area contributed by atoms with Gasteiger partial charge < -0.3 is 20.1 Å². The number of hydrogen-bond acceptors (Lipinski definition) is 4. The van der Waals surface area contributed by atoms with Crippen LogP contribution in [-0.2, 0) is 11.3 Å². The summed E-state index contributed by atoms with van der Waals surface area (Å²) < 4.78 is 5.06. The van der Waals surface area contributed by atoms with Crippen molar-refractivity contribution in [2.45, 2.75) is 32.4 Å². The molecule has 1 atom stereocenters. The van der Waals surface area contributed by atoms with Crippen molar-refractivity contribution in [3.8, 4) is 0 Å². The van der Waals surface area contributed by atoms with Crippen LogP contribution in [0, 0.1) is 5.92 Å².